The molecule has 2 aromatic carbocycles. The van der Waals surface area contributed by atoms with E-state index >= 15 is 0 Å². The van der Waals surface area contributed by atoms with Crippen LogP contribution < -0.4 is 10.1 Å². The van der Waals surface area contributed by atoms with E-state index in [4.69, 9.17) is 21.1 Å². The SMILES string of the molecule is COc1ccc([C@@H](CNC(=O)/C=C/c2cccc(Cl)c2)N2CCOCC2)cc1. The van der Waals surface area contributed by atoms with Crippen molar-refractivity contribution >= 4 is 23.6 Å². The summed E-state index contributed by atoms with van der Waals surface area (Å²) in [7, 11) is 1.65. The van der Waals surface area contributed by atoms with Crippen LogP contribution >= 0.6 is 11.6 Å². The van der Waals surface area contributed by atoms with E-state index in [1.165, 1.54) is 6.08 Å². The van der Waals surface area contributed by atoms with E-state index in [1.807, 2.05) is 42.5 Å². The number of hydrogen-bond donors (Lipinski definition) is 1. The van der Waals surface area contributed by atoms with Gasteiger partial charge in [0.1, 0.15) is 5.75 Å². The number of carbonyl (C=O) groups is 1. The fourth-order valence-corrected chi connectivity index (χ4v) is 3.41. The lowest BCUT2D eigenvalue weighted by Gasteiger charge is -2.34. The summed E-state index contributed by atoms with van der Waals surface area (Å²) >= 11 is 5.98. The van der Waals surface area contributed by atoms with Crippen LogP contribution in [0.2, 0.25) is 5.02 Å². The van der Waals surface area contributed by atoms with Gasteiger partial charge in [0.15, 0.2) is 0 Å². The predicted octanol–water partition coefficient (Wildman–Crippen LogP) is 3.55. The van der Waals surface area contributed by atoms with E-state index in [9.17, 15) is 4.79 Å². The zero-order valence-electron chi connectivity index (χ0n) is 15.9. The van der Waals surface area contributed by atoms with Gasteiger partial charge in [0.05, 0.1) is 26.4 Å². The van der Waals surface area contributed by atoms with E-state index in [-0.39, 0.29) is 11.9 Å². The number of amides is 1. The lowest BCUT2D eigenvalue weighted by Crippen LogP contribution is -2.43. The van der Waals surface area contributed by atoms with Gasteiger partial charge < -0.3 is 14.8 Å². The monoisotopic (exact) mass is 400 g/mol. The Morgan fingerprint density at radius 2 is 2.00 bits per heavy atom. The van der Waals surface area contributed by atoms with Crippen molar-refractivity contribution in [3.63, 3.8) is 0 Å². The second kappa shape index (κ2) is 10.3. The molecular formula is C22H25ClN2O3. The van der Waals surface area contributed by atoms with Crippen molar-refractivity contribution in [2.75, 3.05) is 40.0 Å². The molecule has 1 atom stereocenters. The van der Waals surface area contributed by atoms with Gasteiger partial charge in [-0.15, -0.1) is 0 Å². The maximum atomic E-state index is 12.3. The summed E-state index contributed by atoms with van der Waals surface area (Å²) < 4.78 is 10.7. The molecule has 5 nitrogen and oxygen atoms in total. The van der Waals surface area contributed by atoms with Crippen LogP contribution in [-0.4, -0.2) is 50.8 Å². The van der Waals surface area contributed by atoms with Crippen molar-refractivity contribution in [2.45, 2.75) is 6.04 Å². The maximum absolute atomic E-state index is 12.3. The molecule has 28 heavy (non-hydrogen) atoms. The molecule has 0 aliphatic carbocycles. The second-order valence-corrected chi connectivity index (χ2v) is 7.01. The zero-order chi connectivity index (χ0) is 19.8. The number of hydrogen-bond acceptors (Lipinski definition) is 4. The van der Waals surface area contributed by atoms with Crippen molar-refractivity contribution in [1.29, 1.82) is 0 Å². The highest BCUT2D eigenvalue weighted by Gasteiger charge is 2.23. The molecule has 1 amide bonds. The van der Waals surface area contributed by atoms with Gasteiger partial charge in [-0.05, 0) is 41.5 Å². The molecular weight excluding hydrogens is 376 g/mol. The summed E-state index contributed by atoms with van der Waals surface area (Å²) in [6.07, 6.45) is 3.30. The summed E-state index contributed by atoms with van der Waals surface area (Å²) in [5.74, 6) is 0.685. The number of morpholine rings is 1. The highest BCUT2D eigenvalue weighted by molar-refractivity contribution is 6.30. The first kappa shape index (κ1) is 20.4. The molecule has 0 saturated carbocycles. The van der Waals surface area contributed by atoms with E-state index in [1.54, 1.807) is 19.3 Å². The Morgan fingerprint density at radius 1 is 1.25 bits per heavy atom. The highest BCUT2D eigenvalue weighted by Crippen LogP contribution is 2.23. The van der Waals surface area contributed by atoms with Crippen LogP contribution in [-0.2, 0) is 9.53 Å². The van der Waals surface area contributed by atoms with Gasteiger partial charge in [0.25, 0.3) is 0 Å². The van der Waals surface area contributed by atoms with Crippen LogP contribution in [0.4, 0.5) is 0 Å². The maximum Gasteiger partial charge on any atom is 0.244 e. The lowest BCUT2D eigenvalue weighted by molar-refractivity contribution is -0.116. The van der Waals surface area contributed by atoms with Gasteiger partial charge in [0, 0.05) is 30.7 Å². The molecule has 1 heterocycles. The van der Waals surface area contributed by atoms with Crippen LogP contribution in [0.1, 0.15) is 17.2 Å². The third-order valence-corrected chi connectivity index (χ3v) is 4.97. The molecule has 0 aromatic heterocycles. The Morgan fingerprint density at radius 3 is 2.68 bits per heavy atom. The van der Waals surface area contributed by atoms with Gasteiger partial charge in [0.2, 0.25) is 5.91 Å². The van der Waals surface area contributed by atoms with Crippen LogP contribution in [0.25, 0.3) is 6.08 Å². The Bertz CT molecular complexity index is 802. The molecule has 2 aromatic rings. The van der Waals surface area contributed by atoms with Crippen molar-refractivity contribution < 1.29 is 14.3 Å². The molecule has 148 valence electrons. The molecule has 1 saturated heterocycles. The topological polar surface area (TPSA) is 50.8 Å². The van der Waals surface area contributed by atoms with Crippen LogP contribution in [0, 0.1) is 0 Å². The van der Waals surface area contributed by atoms with Crippen molar-refractivity contribution in [2.24, 2.45) is 0 Å². The summed E-state index contributed by atoms with van der Waals surface area (Å²) in [5, 5.41) is 3.67. The minimum atomic E-state index is -0.133. The number of methoxy groups -OCH3 is 1. The number of nitrogens with zero attached hydrogens (tertiary/aromatic N) is 1. The second-order valence-electron chi connectivity index (χ2n) is 6.57. The van der Waals surface area contributed by atoms with Crippen molar-refractivity contribution in [3.8, 4) is 5.75 Å². The zero-order valence-corrected chi connectivity index (χ0v) is 16.7. The molecule has 3 rings (SSSR count). The van der Waals surface area contributed by atoms with Gasteiger partial charge in [-0.25, -0.2) is 0 Å². The Kier molecular flexibility index (Phi) is 7.48. The Labute approximate surface area is 170 Å². The molecule has 0 bridgehead atoms. The van der Waals surface area contributed by atoms with E-state index in [0.29, 0.717) is 24.8 Å². The summed E-state index contributed by atoms with van der Waals surface area (Å²) in [6, 6.07) is 15.5. The average molecular weight is 401 g/mol. The van der Waals surface area contributed by atoms with Gasteiger partial charge in [-0.1, -0.05) is 35.9 Å². The molecule has 1 N–H and O–H groups in total. The summed E-state index contributed by atoms with van der Waals surface area (Å²) in [6.45, 7) is 3.60. The molecule has 1 fully saturated rings. The van der Waals surface area contributed by atoms with Gasteiger partial charge in [-0.3, -0.25) is 9.69 Å². The Balaban J connectivity index is 1.65. The quantitative estimate of drug-likeness (QED) is 0.722. The van der Waals surface area contributed by atoms with Crippen LogP contribution in [0.15, 0.2) is 54.6 Å². The number of nitrogens with one attached hydrogen (secondary N) is 1. The largest absolute Gasteiger partial charge is 0.497 e. The highest BCUT2D eigenvalue weighted by atomic mass is 35.5. The molecule has 0 radical (unpaired) electrons. The van der Waals surface area contributed by atoms with Crippen molar-refractivity contribution in [3.05, 3.63) is 70.8 Å². The number of carbonyl (C=O) groups excluding carboxylic acids is 1. The number of rotatable bonds is 7. The summed E-state index contributed by atoms with van der Waals surface area (Å²) in [4.78, 5) is 14.7. The van der Waals surface area contributed by atoms with Crippen LogP contribution in [0.3, 0.4) is 0 Å². The first-order valence-electron chi connectivity index (χ1n) is 9.33. The Hall–Kier alpha value is -2.34. The van der Waals surface area contributed by atoms with Crippen LogP contribution in [0.5, 0.6) is 5.75 Å². The minimum absolute atomic E-state index is 0.0818. The third-order valence-electron chi connectivity index (χ3n) is 4.73. The fourth-order valence-electron chi connectivity index (χ4n) is 3.21. The molecule has 1 aliphatic heterocycles. The molecule has 0 unspecified atom stereocenters. The number of halogens is 1. The minimum Gasteiger partial charge on any atom is -0.497 e. The fraction of sp³-hybridized carbons (Fsp3) is 0.318. The lowest BCUT2D eigenvalue weighted by atomic mass is 10.0. The van der Waals surface area contributed by atoms with Crippen molar-refractivity contribution in [1.82, 2.24) is 10.2 Å². The molecule has 0 spiro atoms. The smallest absolute Gasteiger partial charge is 0.244 e. The van der Waals surface area contributed by atoms with E-state index in [0.717, 1.165) is 30.0 Å². The number of benzene rings is 2. The first-order chi connectivity index (χ1) is 13.7. The standard InChI is InChI=1S/C22H25ClN2O3/c1-27-20-8-6-18(7-9-20)21(25-11-13-28-14-12-25)16-24-22(26)10-5-17-3-2-4-19(23)15-17/h2-10,15,21H,11-14,16H2,1H3,(H,24,26)/b10-5+/t21-/m1/s1. The van der Waals surface area contributed by atoms with E-state index < -0.39 is 0 Å². The third kappa shape index (κ3) is 5.83. The number of ether oxygens (including phenoxy) is 2. The first-order valence-corrected chi connectivity index (χ1v) is 9.71. The average Bonchev–Trinajstić information content (AvgIpc) is 2.74. The summed E-state index contributed by atoms with van der Waals surface area (Å²) in [5.41, 5.74) is 2.03. The van der Waals surface area contributed by atoms with Gasteiger partial charge >= 0.3 is 0 Å². The normalized spacial score (nSPS) is 16.1. The molecule has 1 aliphatic rings. The van der Waals surface area contributed by atoms with E-state index in [2.05, 4.69) is 10.2 Å². The van der Waals surface area contributed by atoms with Gasteiger partial charge in [-0.2, -0.15) is 0 Å². The molecule has 6 heteroatoms. The predicted molar refractivity (Wildman–Crippen MR) is 112 cm³/mol.